The number of rotatable bonds is 6. The number of aliphatic hydroxyl groups excluding tert-OH is 1. The van der Waals surface area contributed by atoms with Crippen molar-refractivity contribution >= 4 is 23.3 Å². The van der Waals surface area contributed by atoms with Crippen molar-refractivity contribution in [2.24, 2.45) is 0 Å². The summed E-state index contributed by atoms with van der Waals surface area (Å²) in [5.41, 5.74) is 0.0454. The number of β-amino-alcohol motifs (C(OH)–C–C–N with tert-alkyl or cyclic N) is 1. The Hall–Kier alpha value is -0.170. The maximum Gasteiger partial charge on any atom is 0.170 e. The molecule has 0 fully saturated rings. The molecule has 0 aromatic carbocycles. The minimum atomic E-state index is -0.354. The predicted molar refractivity (Wildman–Crippen MR) is 73.8 cm³/mol. The zero-order valence-corrected chi connectivity index (χ0v) is 12.5. The fourth-order valence-corrected chi connectivity index (χ4v) is 2.74. The molecule has 0 saturated heterocycles. The summed E-state index contributed by atoms with van der Waals surface area (Å²) >= 11 is 2.98. The molecule has 1 rings (SSSR count). The lowest BCUT2D eigenvalue weighted by Gasteiger charge is -2.22. The summed E-state index contributed by atoms with van der Waals surface area (Å²) in [6.45, 7) is 8.91. The molecule has 98 valence electrons. The number of aromatic nitrogens is 2. The fourth-order valence-electron chi connectivity index (χ4n) is 1.09. The van der Waals surface area contributed by atoms with Crippen molar-refractivity contribution < 1.29 is 5.11 Å². The van der Waals surface area contributed by atoms with Gasteiger partial charge in [-0.15, -0.1) is 0 Å². The second kappa shape index (κ2) is 6.68. The number of nitrogens with zero attached hydrogens (tertiary/aromatic N) is 2. The highest BCUT2D eigenvalue weighted by Gasteiger charge is 2.13. The Morgan fingerprint density at radius 3 is 2.71 bits per heavy atom. The summed E-state index contributed by atoms with van der Waals surface area (Å²) in [5.74, 6) is 1.54. The van der Waals surface area contributed by atoms with Gasteiger partial charge in [-0.05, 0) is 32.3 Å². The average Bonchev–Trinajstić information content (AvgIpc) is 2.70. The van der Waals surface area contributed by atoms with Crippen LogP contribution in [0.1, 0.15) is 33.5 Å². The topological polar surface area (TPSA) is 58.0 Å². The standard InChI is InChI=1S/C11H21N3OS2/c1-5-9-13-10(17-14-9)16-7-8(15)6-12-11(2,3)4/h8,12,15H,5-7H2,1-4H3. The minimum Gasteiger partial charge on any atom is -0.391 e. The van der Waals surface area contributed by atoms with Crippen LogP contribution in [0.15, 0.2) is 4.34 Å². The summed E-state index contributed by atoms with van der Waals surface area (Å²) in [5, 5.41) is 13.1. The van der Waals surface area contributed by atoms with E-state index in [0.717, 1.165) is 16.6 Å². The van der Waals surface area contributed by atoms with Crippen LogP contribution in [0.3, 0.4) is 0 Å². The normalized spacial score (nSPS) is 13.9. The summed E-state index contributed by atoms with van der Waals surface area (Å²) < 4.78 is 5.15. The molecule has 1 aromatic rings. The van der Waals surface area contributed by atoms with Crippen LogP contribution in [0.5, 0.6) is 0 Å². The molecule has 2 N–H and O–H groups in total. The van der Waals surface area contributed by atoms with Gasteiger partial charge in [0.2, 0.25) is 0 Å². The van der Waals surface area contributed by atoms with Gasteiger partial charge in [-0.25, -0.2) is 4.98 Å². The predicted octanol–water partition coefficient (Wildman–Crippen LogP) is 1.94. The Balaban J connectivity index is 2.25. The van der Waals surface area contributed by atoms with Crippen molar-refractivity contribution in [2.75, 3.05) is 12.3 Å². The maximum atomic E-state index is 9.81. The molecule has 0 bridgehead atoms. The lowest BCUT2D eigenvalue weighted by atomic mass is 10.1. The third-order valence-corrected chi connectivity index (χ3v) is 4.05. The smallest absolute Gasteiger partial charge is 0.170 e. The van der Waals surface area contributed by atoms with Crippen molar-refractivity contribution in [2.45, 2.75) is 50.1 Å². The summed E-state index contributed by atoms with van der Waals surface area (Å²) in [7, 11) is 0. The van der Waals surface area contributed by atoms with E-state index in [0.29, 0.717) is 12.3 Å². The third-order valence-electron chi connectivity index (χ3n) is 2.03. The van der Waals surface area contributed by atoms with E-state index >= 15 is 0 Å². The highest BCUT2D eigenvalue weighted by molar-refractivity contribution is 8.00. The van der Waals surface area contributed by atoms with E-state index in [1.54, 1.807) is 11.8 Å². The molecule has 6 heteroatoms. The second-order valence-corrected chi connectivity index (χ2v) is 6.94. The minimum absolute atomic E-state index is 0.0454. The third kappa shape index (κ3) is 6.35. The lowest BCUT2D eigenvalue weighted by Crippen LogP contribution is -2.41. The Morgan fingerprint density at radius 1 is 1.47 bits per heavy atom. The SMILES string of the molecule is CCc1nsc(SCC(O)CNC(C)(C)C)n1. The number of hydrogen-bond acceptors (Lipinski definition) is 6. The number of hydrogen-bond donors (Lipinski definition) is 2. The summed E-state index contributed by atoms with van der Waals surface area (Å²) in [6, 6.07) is 0. The number of thioether (sulfide) groups is 1. The number of aryl methyl sites for hydroxylation is 1. The van der Waals surface area contributed by atoms with Crippen LogP contribution in [-0.4, -0.2) is 38.4 Å². The van der Waals surface area contributed by atoms with Crippen LogP contribution in [0.4, 0.5) is 0 Å². The molecule has 0 radical (unpaired) electrons. The van der Waals surface area contributed by atoms with Crippen LogP contribution in [-0.2, 0) is 6.42 Å². The summed E-state index contributed by atoms with van der Waals surface area (Å²) in [4.78, 5) is 4.35. The zero-order chi connectivity index (χ0) is 12.9. The van der Waals surface area contributed by atoms with Gasteiger partial charge in [0.15, 0.2) is 4.34 Å². The molecule has 4 nitrogen and oxygen atoms in total. The molecule has 1 unspecified atom stereocenters. The van der Waals surface area contributed by atoms with E-state index in [9.17, 15) is 5.11 Å². The highest BCUT2D eigenvalue weighted by Crippen LogP contribution is 2.21. The van der Waals surface area contributed by atoms with Crippen LogP contribution in [0.2, 0.25) is 0 Å². The van der Waals surface area contributed by atoms with Gasteiger partial charge in [0.05, 0.1) is 6.10 Å². The Labute approximate surface area is 111 Å². The molecular weight excluding hydrogens is 254 g/mol. The first-order valence-electron chi connectivity index (χ1n) is 5.79. The van der Waals surface area contributed by atoms with Crippen molar-refractivity contribution in [3.8, 4) is 0 Å². The first-order valence-corrected chi connectivity index (χ1v) is 7.55. The molecule has 0 spiro atoms. The van der Waals surface area contributed by atoms with Crippen molar-refractivity contribution in [1.29, 1.82) is 0 Å². The maximum absolute atomic E-state index is 9.81. The average molecular weight is 275 g/mol. The van der Waals surface area contributed by atoms with Crippen molar-refractivity contribution in [3.63, 3.8) is 0 Å². The van der Waals surface area contributed by atoms with Crippen LogP contribution < -0.4 is 5.32 Å². The quantitative estimate of drug-likeness (QED) is 0.777. The molecule has 0 aliphatic heterocycles. The number of nitrogens with one attached hydrogen (secondary N) is 1. The van der Waals surface area contributed by atoms with Gasteiger partial charge < -0.3 is 10.4 Å². The van der Waals surface area contributed by atoms with Crippen molar-refractivity contribution in [3.05, 3.63) is 5.82 Å². The van der Waals surface area contributed by atoms with Crippen LogP contribution in [0, 0.1) is 0 Å². The lowest BCUT2D eigenvalue weighted by molar-refractivity contribution is 0.183. The van der Waals surface area contributed by atoms with Gasteiger partial charge in [0, 0.05) is 24.3 Å². The largest absolute Gasteiger partial charge is 0.391 e. The van der Waals surface area contributed by atoms with Crippen molar-refractivity contribution in [1.82, 2.24) is 14.7 Å². The molecule has 1 atom stereocenters. The van der Waals surface area contributed by atoms with Gasteiger partial charge in [-0.1, -0.05) is 18.7 Å². The first-order chi connectivity index (χ1) is 7.90. The highest BCUT2D eigenvalue weighted by atomic mass is 32.2. The molecule has 0 amide bonds. The van der Waals surface area contributed by atoms with Gasteiger partial charge >= 0.3 is 0 Å². The monoisotopic (exact) mass is 275 g/mol. The molecule has 0 aliphatic rings. The van der Waals surface area contributed by atoms with E-state index in [1.807, 2.05) is 6.92 Å². The van der Waals surface area contributed by atoms with Crippen LogP contribution in [0.25, 0.3) is 0 Å². The zero-order valence-electron chi connectivity index (χ0n) is 10.9. The van der Waals surface area contributed by atoms with Gasteiger partial charge in [0.1, 0.15) is 5.82 Å². The Kier molecular flexibility index (Phi) is 5.85. The molecule has 1 heterocycles. The van der Waals surface area contributed by atoms with Gasteiger partial charge in [-0.3, -0.25) is 0 Å². The molecule has 1 aromatic heterocycles. The van der Waals surface area contributed by atoms with E-state index < -0.39 is 0 Å². The van der Waals surface area contributed by atoms with E-state index in [-0.39, 0.29) is 11.6 Å². The summed E-state index contributed by atoms with van der Waals surface area (Å²) in [6.07, 6.45) is 0.513. The molecule has 0 aliphatic carbocycles. The first kappa shape index (κ1) is 14.9. The molecular formula is C11H21N3OS2. The van der Waals surface area contributed by atoms with Gasteiger partial charge in [-0.2, -0.15) is 4.37 Å². The van der Waals surface area contributed by atoms with E-state index in [1.165, 1.54) is 11.5 Å². The Morgan fingerprint density at radius 2 is 2.18 bits per heavy atom. The van der Waals surface area contributed by atoms with E-state index in [4.69, 9.17) is 0 Å². The fraction of sp³-hybridized carbons (Fsp3) is 0.818. The number of aliphatic hydroxyl groups is 1. The van der Waals surface area contributed by atoms with Gasteiger partial charge in [0.25, 0.3) is 0 Å². The van der Waals surface area contributed by atoms with Crippen LogP contribution >= 0.6 is 23.3 Å². The Bertz CT molecular complexity index is 336. The van der Waals surface area contributed by atoms with E-state index in [2.05, 4.69) is 35.4 Å². The molecule has 0 saturated carbocycles. The molecule has 17 heavy (non-hydrogen) atoms. The second-order valence-electron chi connectivity index (χ2n) is 4.93.